The molecule has 0 aliphatic carbocycles. The Kier molecular flexibility index (Phi) is 124. The van der Waals surface area contributed by atoms with Crippen LogP contribution in [0.2, 0.25) is 0 Å². The van der Waals surface area contributed by atoms with E-state index >= 15 is 0 Å². The zero-order chi connectivity index (χ0) is 41.5. The molecule has 0 radical (unpaired) electrons. The van der Waals surface area contributed by atoms with Gasteiger partial charge in [0.05, 0.1) is 0 Å². The largest absolute Gasteiger partial charge is 0.103 e. The molecule has 0 N–H and O–H groups in total. The van der Waals surface area contributed by atoms with Gasteiger partial charge in [-0.2, -0.15) is 0 Å². The highest BCUT2D eigenvalue weighted by molar-refractivity contribution is 5.06. The van der Waals surface area contributed by atoms with Crippen molar-refractivity contribution in [1.82, 2.24) is 0 Å². The molecule has 0 aromatic carbocycles. The maximum absolute atomic E-state index is 3.56. The van der Waals surface area contributed by atoms with E-state index in [2.05, 4.69) is 148 Å². The molecule has 0 amide bonds. The minimum absolute atomic E-state index is 0.648. The molecule has 0 heterocycles. The van der Waals surface area contributed by atoms with E-state index in [9.17, 15) is 0 Å². The summed E-state index contributed by atoms with van der Waals surface area (Å²) in [5.74, 6) is 0.648. The molecular formula is C49H92. The summed E-state index contributed by atoms with van der Waals surface area (Å²) >= 11 is 0. The highest BCUT2D eigenvalue weighted by Crippen LogP contribution is 1.97. The fourth-order valence-corrected chi connectivity index (χ4v) is 0.748. The maximum Gasteiger partial charge on any atom is -0.0293 e. The maximum atomic E-state index is 3.56. The van der Waals surface area contributed by atoms with Crippen LogP contribution < -0.4 is 0 Å². The molecule has 0 fully saturated rings. The molecule has 0 rings (SSSR count). The third kappa shape index (κ3) is 332. The van der Waals surface area contributed by atoms with Crippen molar-refractivity contribution < 1.29 is 0 Å². The van der Waals surface area contributed by atoms with E-state index in [1.807, 2.05) is 71.1 Å². The molecule has 0 bridgehead atoms. The van der Waals surface area contributed by atoms with E-state index in [4.69, 9.17) is 0 Å². The van der Waals surface area contributed by atoms with Crippen LogP contribution in [0.5, 0.6) is 0 Å². The first-order chi connectivity index (χ1) is 22.8. The molecule has 0 aliphatic heterocycles. The lowest BCUT2D eigenvalue weighted by atomic mass is 10.2. The highest BCUT2D eigenvalue weighted by Gasteiger charge is 1.75. The number of unbranched alkanes of at least 4 members (excludes halogenated alkanes) is 3. The quantitative estimate of drug-likeness (QED) is 0.159. The van der Waals surface area contributed by atoms with Gasteiger partial charge in [-0.05, 0) is 101 Å². The zero-order valence-electron chi connectivity index (χ0n) is 36.7. The molecule has 0 saturated heterocycles. The van der Waals surface area contributed by atoms with Gasteiger partial charge in [0, 0.05) is 0 Å². The first-order valence-electron chi connectivity index (χ1n) is 17.8. The average Bonchev–Trinajstić information content (AvgIpc) is 3.04. The van der Waals surface area contributed by atoms with Crippen LogP contribution in [0.15, 0.2) is 160 Å². The fourth-order valence-electron chi connectivity index (χ4n) is 0.748. The lowest BCUT2D eigenvalue weighted by molar-refractivity contribution is 0.835. The molecule has 0 aromatic rings. The van der Waals surface area contributed by atoms with Crippen molar-refractivity contribution in [3.63, 3.8) is 0 Å². The van der Waals surface area contributed by atoms with E-state index < -0.39 is 0 Å². The minimum atomic E-state index is 0.648. The van der Waals surface area contributed by atoms with E-state index in [0.717, 1.165) is 24.8 Å². The van der Waals surface area contributed by atoms with E-state index in [1.165, 1.54) is 41.6 Å². The monoisotopic (exact) mass is 681 g/mol. The van der Waals surface area contributed by atoms with Crippen LogP contribution in [-0.2, 0) is 0 Å². The molecule has 0 nitrogen and oxygen atoms in total. The average molecular weight is 681 g/mol. The van der Waals surface area contributed by atoms with Crippen molar-refractivity contribution >= 4 is 0 Å². The summed E-state index contributed by atoms with van der Waals surface area (Å²) in [6, 6.07) is 0. The molecule has 0 unspecified atom stereocenters. The Hall–Kier alpha value is -3.38. The van der Waals surface area contributed by atoms with Crippen molar-refractivity contribution in [3.05, 3.63) is 160 Å². The Labute approximate surface area is 314 Å². The molecule has 0 saturated carbocycles. The molecule has 0 aliphatic rings. The summed E-state index contributed by atoms with van der Waals surface area (Å²) in [6.45, 7) is 68.1. The van der Waals surface area contributed by atoms with Gasteiger partial charge in [0.25, 0.3) is 0 Å². The first kappa shape index (κ1) is 71.6. The van der Waals surface area contributed by atoms with Crippen LogP contribution in [0.1, 0.15) is 149 Å². The Balaban J connectivity index is -0.0000000432. The molecular weight excluding hydrogens is 589 g/mol. The molecule has 288 valence electrons. The summed E-state index contributed by atoms with van der Waals surface area (Å²) in [7, 11) is 0. The lowest BCUT2D eigenvalue weighted by Gasteiger charge is -1.88. The molecule has 0 heteroatoms. The Morgan fingerprint density at radius 1 is 0.531 bits per heavy atom. The molecule has 49 heavy (non-hydrogen) atoms. The number of rotatable bonds is 10. The van der Waals surface area contributed by atoms with Gasteiger partial charge in [-0.3, -0.25) is 0 Å². The van der Waals surface area contributed by atoms with Crippen molar-refractivity contribution in [2.45, 2.75) is 149 Å². The van der Waals surface area contributed by atoms with Gasteiger partial charge in [0.1, 0.15) is 0 Å². The van der Waals surface area contributed by atoms with Gasteiger partial charge >= 0.3 is 0 Å². The summed E-state index contributed by atoms with van der Waals surface area (Å²) in [6.07, 6.45) is 27.5. The third-order valence-corrected chi connectivity index (χ3v) is 4.37. The number of hydrogen-bond acceptors (Lipinski definition) is 0. The normalized spacial score (nSPS) is 7.37. The Morgan fingerprint density at radius 3 is 0.755 bits per heavy atom. The lowest BCUT2D eigenvalue weighted by Crippen LogP contribution is -1.71. The standard InChI is InChI=1S/C6H12.2C5H10.C5H8.3C5H10.C5H8.C4H8.C4H6/c1-5(2)6(3)4;3*1-4-5(2)3;4*1-3-5-4-2;1-4(2)3;1-3-4-2/h1-4H3;4H,1-3H3;4-5H,1H2,2-3H3;4H,1-2H2,3H3;3*3H,1,4-5H2,2H3;3-5H,1H2,2H3;1H2,2-3H3;3-4H,1-2H2. The van der Waals surface area contributed by atoms with Gasteiger partial charge < -0.3 is 0 Å². The van der Waals surface area contributed by atoms with Crippen LogP contribution in [0.4, 0.5) is 0 Å². The van der Waals surface area contributed by atoms with Gasteiger partial charge in [-0.15, -0.1) is 32.9 Å². The second-order valence-electron chi connectivity index (χ2n) is 11.6. The first-order valence-corrected chi connectivity index (χ1v) is 17.8. The van der Waals surface area contributed by atoms with Gasteiger partial charge in [0.2, 0.25) is 0 Å². The SMILES string of the molecule is C=C(C)C.C=CC(=C)C.C=CC(C)C.C=CC=C.C=CC=CC.C=CCCC.C=CCCC.C=CCCC.CC(C)=C(C)C.CC=C(C)C. The van der Waals surface area contributed by atoms with Crippen LogP contribution in [0.25, 0.3) is 0 Å². The summed E-state index contributed by atoms with van der Waals surface area (Å²) in [5.41, 5.74) is 6.42. The van der Waals surface area contributed by atoms with E-state index in [0.29, 0.717) is 5.92 Å². The van der Waals surface area contributed by atoms with Crippen LogP contribution in [0, 0.1) is 5.92 Å². The summed E-state index contributed by atoms with van der Waals surface area (Å²) < 4.78 is 0. The summed E-state index contributed by atoms with van der Waals surface area (Å²) in [5, 5.41) is 0. The second kappa shape index (κ2) is 84.9. The van der Waals surface area contributed by atoms with Crippen molar-refractivity contribution in [2.75, 3.05) is 0 Å². The molecule has 0 atom stereocenters. The minimum Gasteiger partial charge on any atom is -0.103 e. The van der Waals surface area contributed by atoms with Crippen LogP contribution >= 0.6 is 0 Å². The van der Waals surface area contributed by atoms with Crippen molar-refractivity contribution in [1.29, 1.82) is 0 Å². The third-order valence-electron chi connectivity index (χ3n) is 4.37. The second-order valence-corrected chi connectivity index (χ2v) is 11.6. The topological polar surface area (TPSA) is 0 Å². The van der Waals surface area contributed by atoms with Crippen molar-refractivity contribution in [3.8, 4) is 0 Å². The Bertz CT molecular complexity index is 743. The number of allylic oxidation sites excluding steroid dienone is 16. The predicted molar refractivity (Wildman–Crippen MR) is 246 cm³/mol. The van der Waals surface area contributed by atoms with Crippen LogP contribution in [0.3, 0.4) is 0 Å². The van der Waals surface area contributed by atoms with Gasteiger partial charge in [0.15, 0.2) is 0 Å². The molecule has 0 aromatic heterocycles. The smallest absolute Gasteiger partial charge is 0.0293 e. The van der Waals surface area contributed by atoms with E-state index in [1.54, 1.807) is 24.3 Å². The van der Waals surface area contributed by atoms with Gasteiger partial charge in [-0.25, -0.2) is 0 Å². The van der Waals surface area contributed by atoms with Crippen molar-refractivity contribution in [2.24, 2.45) is 5.92 Å². The fraction of sp³-hybridized carbons (Fsp3) is 0.469. The molecule has 0 spiro atoms. The summed E-state index contributed by atoms with van der Waals surface area (Å²) in [4.78, 5) is 0. The van der Waals surface area contributed by atoms with Crippen LogP contribution in [-0.4, -0.2) is 0 Å². The number of hydrogen-bond donors (Lipinski definition) is 0. The van der Waals surface area contributed by atoms with E-state index in [-0.39, 0.29) is 0 Å². The zero-order valence-corrected chi connectivity index (χ0v) is 36.7. The van der Waals surface area contributed by atoms with Gasteiger partial charge in [-0.1, -0.05) is 181 Å². The highest BCUT2D eigenvalue weighted by atomic mass is 13.8. The predicted octanol–water partition coefficient (Wildman–Crippen LogP) is 18.5. The Morgan fingerprint density at radius 2 is 0.755 bits per heavy atom.